The van der Waals surface area contributed by atoms with Gasteiger partial charge in [-0.3, -0.25) is 5.32 Å². The minimum absolute atomic E-state index is 0.267. The number of nitrogens with zero attached hydrogens (tertiary/aromatic N) is 2. The highest BCUT2D eigenvalue weighted by Crippen LogP contribution is 2.26. The maximum absolute atomic E-state index is 13.2. The highest BCUT2D eigenvalue weighted by atomic mass is 32.1. The molecule has 2 N–H and O–H groups in total. The molecule has 2 aromatic carbocycles. The number of carbonyl (C=O) groups excluding carboxylic acids is 1. The zero-order valence-corrected chi connectivity index (χ0v) is 12.4. The summed E-state index contributed by atoms with van der Waals surface area (Å²) < 4.78 is 26.0. The lowest BCUT2D eigenvalue weighted by atomic mass is 10.2. The Bertz CT molecular complexity index is 836. The van der Waals surface area contributed by atoms with E-state index in [4.69, 9.17) is 0 Å². The topological polar surface area (TPSA) is 66.9 Å². The summed E-state index contributed by atoms with van der Waals surface area (Å²) >= 11 is 1.12. The lowest BCUT2D eigenvalue weighted by Crippen LogP contribution is -2.19. The Hall–Kier alpha value is -2.87. The van der Waals surface area contributed by atoms with Crippen LogP contribution in [0.4, 0.5) is 24.4 Å². The molecule has 0 spiro atoms. The Morgan fingerprint density at radius 3 is 2.48 bits per heavy atom. The van der Waals surface area contributed by atoms with E-state index in [0.717, 1.165) is 11.3 Å². The van der Waals surface area contributed by atoms with Gasteiger partial charge >= 0.3 is 6.03 Å². The average Bonchev–Trinajstić information content (AvgIpc) is 2.98. The quantitative estimate of drug-likeness (QED) is 0.758. The Kier molecular flexibility index (Phi) is 4.24. The highest BCUT2D eigenvalue weighted by Gasteiger charge is 2.10. The molecule has 0 bridgehead atoms. The van der Waals surface area contributed by atoms with Crippen LogP contribution in [0.1, 0.15) is 0 Å². The van der Waals surface area contributed by atoms with E-state index in [9.17, 15) is 13.6 Å². The molecule has 0 radical (unpaired) electrons. The number of urea groups is 1. The molecule has 0 aliphatic heterocycles. The summed E-state index contributed by atoms with van der Waals surface area (Å²) in [6.07, 6.45) is 0. The summed E-state index contributed by atoms with van der Waals surface area (Å²) in [7, 11) is 0. The SMILES string of the molecule is O=C(Nc1ccc(F)cc1)Nc1nnc(-c2cccc(F)c2)s1. The Labute approximate surface area is 134 Å². The minimum Gasteiger partial charge on any atom is -0.308 e. The average molecular weight is 332 g/mol. The Balaban J connectivity index is 1.66. The normalized spacial score (nSPS) is 10.3. The molecule has 0 aliphatic rings. The molecule has 1 heterocycles. The lowest BCUT2D eigenvalue weighted by Gasteiger charge is -2.04. The van der Waals surface area contributed by atoms with Gasteiger partial charge in [0.05, 0.1) is 0 Å². The van der Waals surface area contributed by atoms with Crippen LogP contribution in [0.3, 0.4) is 0 Å². The zero-order chi connectivity index (χ0) is 16.2. The van der Waals surface area contributed by atoms with E-state index in [0.29, 0.717) is 16.3 Å². The van der Waals surface area contributed by atoms with Crippen LogP contribution in [0.25, 0.3) is 10.6 Å². The van der Waals surface area contributed by atoms with Crippen LogP contribution >= 0.6 is 11.3 Å². The molecule has 2 amide bonds. The van der Waals surface area contributed by atoms with Crippen molar-refractivity contribution in [3.8, 4) is 10.6 Å². The first kappa shape index (κ1) is 15.0. The minimum atomic E-state index is -0.529. The molecule has 116 valence electrons. The van der Waals surface area contributed by atoms with Crippen molar-refractivity contribution >= 4 is 28.2 Å². The van der Waals surface area contributed by atoms with Gasteiger partial charge < -0.3 is 5.32 Å². The van der Waals surface area contributed by atoms with E-state index < -0.39 is 6.03 Å². The van der Waals surface area contributed by atoms with Gasteiger partial charge in [-0.25, -0.2) is 13.6 Å². The molecule has 1 aromatic heterocycles. The molecule has 23 heavy (non-hydrogen) atoms. The summed E-state index contributed by atoms with van der Waals surface area (Å²) in [6.45, 7) is 0. The van der Waals surface area contributed by atoms with Gasteiger partial charge in [0.1, 0.15) is 16.6 Å². The fraction of sp³-hybridized carbons (Fsp3) is 0. The number of hydrogen-bond donors (Lipinski definition) is 2. The number of hydrogen-bond acceptors (Lipinski definition) is 4. The smallest absolute Gasteiger partial charge is 0.308 e. The summed E-state index contributed by atoms with van der Waals surface area (Å²) in [5, 5.41) is 13.6. The van der Waals surface area contributed by atoms with E-state index in [2.05, 4.69) is 20.8 Å². The van der Waals surface area contributed by atoms with Crippen LogP contribution in [-0.4, -0.2) is 16.2 Å². The second-order valence-electron chi connectivity index (χ2n) is 4.51. The van der Waals surface area contributed by atoms with Gasteiger partial charge in [0, 0.05) is 11.3 Å². The maximum Gasteiger partial charge on any atom is 0.325 e. The first-order valence-corrected chi connectivity index (χ1v) is 7.35. The predicted molar refractivity (Wildman–Crippen MR) is 84.3 cm³/mol. The van der Waals surface area contributed by atoms with Crippen molar-refractivity contribution < 1.29 is 13.6 Å². The number of nitrogens with one attached hydrogen (secondary N) is 2. The van der Waals surface area contributed by atoms with E-state index in [-0.39, 0.29) is 16.8 Å². The first-order valence-electron chi connectivity index (χ1n) is 6.53. The van der Waals surface area contributed by atoms with Crippen molar-refractivity contribution in [2.24, 2.45) is 0 Å². The van der Waals surface area contributed by atoms with Crippen molar-refractivity contribution in [1.29, 1.82) is 0 Å². The molecule has 0 fully saturated rings. The molecule has 5 nitrogen and oxygen atoms in total. The molecular weight excluding hydrogens is 322 g/mol. The second kappa shape index (κ2) is 6.49. The molecular formula is C15H10F2N4OS. The van der Waals surface area contributed by atoms with E-state index in [1.807, 2.05) is 0 Å². The number of amides is 2. The fourth-order valence-electron chi connectivity index (χ4n) is 1.80. The van der Waals surface area contributed by atoms with Crippen molar-refractivity contribution in [1.82, 2.24) is 10.2 Å². The van der Waals surface area contributed by atoms with E-state index in [1.54, 1.807) is 12.1 Å². The van der Waals surface area contributed by atoms with Crippen LogP contribution < -0.4 is 10.6 Å². The molecule has 0 atom stereocenters. The van der Waals surface area contributed by atoms with Crippen molar-refractivity contribution in [3.05, 3.63) is 60.2 Å². The molecule has 3 rings (SSSR count). The third-order valence-electron chi connectivity index (χ3n) is 2.82. The number of aromatic nitrogens is 2. The van der Waals surface area contributed by atoms with Crippen molar-refractivity contribution in [3.63, 3.8) is 0 Å². The number of halogens is 2. The highest BCUT2D eigenvalue weighted by molar-refractivity contribution is 7.18. The first-order chi connectivity index (χ1) is 11.1. The third kappa shape index (κ3) is 3.86. The Morgan fingerprint density at radius 2 is 1.74 bits per heavy atom. The maximum atomic E-state index is 13.2. The third-order valence-corrected chi connectivity index (χ3v) is 3.71. The van der Waals surface area contributed by atoms with E-state index >= 15 is 0 Å². The van der Waals surface area contributed by atoms with Gasteiger partial charge in [-0.05, 0) is 36.4 Å². The van der Waals surface area contributed by atoms with E-state index in [1.165, 1.54) is 36.4 Å². The largest absolute Gasteiger partial charge is 0.325 e. The summed E-state index contributed by atoms with van der Waals surface area (Å²) in [5.41, 5.74) is 1.02. The summed E-state index contributed by atoms with van der Waals surface area (Å²) in [6, 6.07) is 10.8. The second-order valence-corrected chi connectivity index (χ2v) is 5.49. The molecule has 0 saturated carbocycles. The number of carbonyl (C=O) groups is 1. The van der Waals surface area contributed by atoms with Gasteiger partial charge in [-0.1, -0.05) is 23.5 Å². The molecule has 8 heteroatoms. The van der Waals surface area contributed by atoms with Crippen LogP contribution in [-0.2, 0) is 0 Å². The lowest BCUT2D eigenvalue weighted by molar-refractivity contribution is 0.262. The van der Waals surface area contributed by atoms with Gasteiger partial charge in [-0.2, -0.15) is 0 Å². The van der Waals surface area contributed by atoms with Crippen LogP contribution in [0.2, 0.25) is 0 Å². The van der Waals surface area contributed by atoms with Crippen LogP contribution in [0, 0.1) is 11.6 Å². The summed E-state index contributed by atoms with van der Waals surface area (Å²) in [5.74, 6) is -0.763. The molecule has 3 aromatic rings. The monoisotopic (exact) mass is 332 g/mol. The van der Waals surface area contributed by atoms with Gasteiger partial charge in [0.25, 0.3) is 0 Å². The fourth-order valence-corrected chi connectivity index (χ4v) is 2.54. The number of rotatable bonds is 3. The van der Waals surface area contributed by atoms with Gasteiger partial charge in [0.15, 0.2) is 0 Å². The number of anilines is 2. The van der Waals surface area contributed by atoms with Gasteiger partial charge in [0.2, 0.25) is 5.13 Å². The van der Waals surface area contributed by atoms with Crippen molar-refractivity contribution in [2.75, 3.05) is 10.6 Å². The molecule has 0 saturated heterocycles. The van der Waals surface area contributed by atoms with Crippen molar-refractivity contribution in [2.45, 2.75) is 0 Å². The summed E-state index contributed by atoms with van der Waals surface area (Å²) in [4.78, 5) is 11.8. The predicted octanol–water partition coefficient (Wildman–Crippen LogP) is 4.13. The van der Waals surface area contributed by atoms with Gasteiger partial charge in [-0.15, -0.1) is 10.2 Å². The standard InChI is InChI=1S/C15H10F2N4OS/c16-10-4-6-12(7-5-10)18-14(22)19-15-21-20-13(23-15)9-2-1-3-11(17)8-9/h1-8H,(H2,18,19,21,22). The molecule has 0 unspecified atom stereocenters. The molecule has 0 aliphatic carbocycles. The van der Waals surface area contributed by atoms with Crippen LogP contribution in [0.15, 0.2) is 48.5 Å². The Morgan fingerprint density at radius 1 is 0.957 bits per heavy atom. The number of benzene rings is 2. The zero-order valence-electron chi connectivity index (χ0n) is 11.6. The van der Waals surface area contributed by atoms with Crippen LogP contribution in [0.5, 0.6) is 0 Å².